The Morgan fingerprint density at radius 2 is 1.80 bits per heavy atom. The van der Waals surface area contributed by atoms with E-state index in [-0.39, 0.29) is 23.7 Å². The Morgan fingerprint density at radius 1 is 1.13 bits per heavy atom. The fourth-order valence-corrected chi connectivity index (χ4v) is 2.91. The molecule has 0 bridgehead atoms. The van der Waals surface area contributed by atoms with Crippen LogP contribution in [0.1, 0.15) is 25.7 Å². The van der Waals surface area contributed by atoms with Gasteiger partial charge in [-0.05, 0) is 32.2 Å². The van der Waals surface area contributed by atoms with E-state index >= 15 is 0 Å². The average molecular weight is 208 g/mol. The number of hydrogen-bond donors (Lipinski definition) is 1. The first-order valence-electron chi connectivity index (χ1n) is 5.86. The van der Waals surface area contributed by atoms with Gasteiger partial charge in [-0.15, -0.1) is 0 Å². The van der Waals surface area contributed by atoms with Gasteiger partial charge in [0.25, 0.3) is 0 Å². The molecule has 3 rings (SSSR count). The van der Waals surface area contributed by atoms with Crippen molar-refractivity contribution in [3.8, 4) is 0 Å². The number of likely N-dealkylation sites (tertiary alicyclic amines) is 1. The van der Waals surface area contributed by atoms with Crippen molar-refractivity contribution >= 4 is 11.8 Å². The Balaban J connectivity index is 1.69. The first-order valence-corrected chi connectivity index (χ1v) is 5.86. The van der Waals surface area contributed by atoms with Crippen LogP contribution in [0.25, 0.3) is 0 Å². The summed E-state index contributed by atoms with van der Waals surface area (Å²) >= 11 is 0. The summed E-state index contributed by atoms with van der Waals surface area (Å²) in [6, 6.07) is 0.343. The van der Waals surface area contributed by atoms with E-state index in [1.807, 2.05) is 0 Å². The van der Waals surface area contributed by atoms with Crippen LogP contribution in [0, 0.1) is 11.8 Å². The summed E-state index contributed by atoms with van der Waals surface area (Å²) in [5.41, 5.74) is 0. The molecule has 15 heavy (non-hydrogen) atoms. The summed E-state index contributed by atoms with van der Waals surface area (Å²) in [5.74, 6) is 0.257. The number of carbonyl (C=O) groups excluding carboxylic acids is 2. The zero-order valence-electron chi connectivity index (χ0n) is 8.74. The summed E-state index contributed by atoms with van der Waals surface area (Å²) in [4.78, 5) is 25.2. The van der Waals surface area contributed by atoms with E-state index in [9.17, 15) is 9.59 Å². The van der Waals surface area contributed by atoms with Gasteiger partial charge in [-0.25, -0.2) is 0 Å². The molecule has 1 aliphatic carbocycles. The van der Waals surface area contributed by atoms with Crippen LogP contribution in [0.15, 0.2) is 0 Å². The SMILES string of the molecule is O=C1C2CCC2C(=O)N1CC1CCCN1. The van der Waals surface area contributed by atoms with E-state index in [1.54, 1.807) is 0 Å². The van der Waals surface area contributed by atoms with Crippen LogP contribution >= 0.6 is 0 Å². The third kappa shape index (κ3) is 1.31. The zero-order valence-corrected chi connectivity index (χ0v) is 8.74. The first kappa shape index (κ1) is 9.33. The Bertz CT molecular complexity index is 288. The number of nitrogens with one attached hydrogen (secondary N) is 1. The molecule has 3 atom stereocenters. The van der Waals surface area contributed by atoms with E-state index in [0.717, 1.165) is 32.2 Å². The van der Waals surface area contributed by atoms with E-state index in [0.29, 0.717) is 12.6 Å². The second-order valence-corrected chi connectivity index (χ2v) is 4.87. The molecule has 82 valence electrons. The summed E-state index contributed by atoms with van der Waals surface area (Å²) in [6.45, 7) is 1.62. The predicted octanol–water partition coefficient (Wildman–Crippen LogP) is 0.133. The summed E-state index contributed by atoms with van der Waals surface area (Å²) in [6.07, 6.45) is 4.09. The highest BCUT2D eigenvalue weighted by Gasteiger charge is 2.52. The van der Waals surface area contributed by atoms with Gasteiger partial charge < -0.3 is 5.32 Å². The third-order valence-corrected chi connectivity index (χ3v) is 4.01. The van der Waals surface area contributed by atoms with Gasteiger partial charge in [0, 0.05) is 12.6 Å². The lowest BCUT2D eigenvalue weighted by Gasteiger charge is -2.24. The number of imide groups is 1. The smallest absolute Gasteiger partial charge is 0.233 e. The largest absolute Gasteiger partial charge is 0.312 e. The van der Waals surface area contributed by atoms with Crippen LogP contribution in [-0.4, -0.2) is 35.8 Å². The number of carbonyl (C=O) groups is 2. The maximum atomic E-state index is 11.8. The molecule has 3 unspecified atom stereocenters. The molecule has 1 saturated carbocycles. The molecule has 3 aliphatic rings. The topological polar surface area (TPSA) is 49.4 Å². The maximum Gasteiger partial charge on any atom is 0.233 e. The fourth-order valence-electron chi connectivity index (χ4n) is 2.91. The van der Waals surface area contributed by atoms with Gasteiger partial charge in [0.15, 0.2) is 0 Å². The number of hydrogen-bond acceptors (Lipinski definition) is 3. The Morgan fingerprint density at radius 3 is 2.27 bits per heavy atom. The van der Waals surface area contributed by atoms with Gasteiger partial charge in [0.2, 0.25) is 11.8 Å². The second kappa shape index (κ2) is 3.30. The lowest BCUT2D eigenvalue weighted by atomic mass is 9.76. The molecule has 2 saturated heterocycles. The predicted molar refractivity (Wildman–Crippen MR) is 54.0 cm³/mol. The van der Waals surface area contributed by atoms with E-state index < -0.39 is 0 Å². The van der Waals surface area contributed by atoms with Crippen LogP contribution in [0.2, 0.25) is 0 Å². The minimum absolute atomic E-state index is 0.0407. The zero-order chi connectivity index (χ0) is 10.4. The monoisotopic (exact) mass is 208 g/mol. The highest BCUT2D eigenvalue weighted by Crippen LogP contribution is 2.42. The van der Waals surface area contributed by atoms with Crippen molar-refractivity contribution in [1.82, 2.24) is 10.2 Å². The van der Waals surface area contributed by atoms with Gasteiger partial charge in [-0.1, -0.05) is 0 Å². The standard InChI is InChI=1S/C11H16N2O2/c14-10-8-3-4-9(8)11(15)13(10)6-7-2-1-5-12-7/h7-9,12H,1-6H2. The lowest BCUT2D eigenvalue weighted by molar-refractivity contribution is -0.139. The van der Waals surface area contributed by atoms with Gasteiger partial charge in [-0.3, -0.25) is 14.5 Å². The third-order valence-electron chi connectivity index (χ3n) is 4.01. The molecule has 0 radical (unpaired) electrons. The number of amides is 2. The summed E-state index contributed by atoms with van der Waals surface area (Å²) in [5, 5.41) is 3.33. The summed E-state index contributed by atoms with van der Waals surface area (Å²) in [7, 11) is 0. The first-order chi connectivity index (χ1) is 7.27. The quantitative estimate of drug-likeness (QED) is 0.656. The molecule has 0 spiro atoms. The second-order valence-electron chi connectivity index (χ2n) is 4.87. The van der Waals surface area contributed by atoms with Crippen molar-refractivity contribution in [2.45, 2.75) is 31.7 Å². The van der Waals surface area contributed by atoms with Crippen LogP contribution in [-0.2, 0) is 9.59 Å². The van der Waals surface area contributed by atoms with Crippen LogP contribution < -0.4 is 5.32 Å². The van der Waals surface area contributed by atoms with Crippen molar-refractivity contribution < 1.29 is 9.59 Å². The van der Waals surface area contributed by atoms with Gasteiger partial charge >= 0.3 is 0 Å². The van der Waals surface area contributed by atoms with Crippen LogP contribution in [0.4, 0.5) is 0 Å². The maximum absolute atomic E-state index is 11.8. The molecular weight excluding hydrogens is 192 g/mol. The number of nitrogens with zero attached hydrogens (tertiary/aromatic N) is 1. The van der Waals surface area contributed by atoms with Crippen molar-refractivity contribution in [3.05, 3.63) is 0 Å². The molecular formula is C11H16N2O2. The molecule has 2 aliphatic heterocycles. The molecule has 0 aromatic rings. The minimum Gasteiger partial charge on any atom is -0.312 e. The highest BCUT2D eigenvalue weighted by atomic mass is 16.2. The highest BCUT2D eigenvalue weighted by molar-refractivity contribution is 6.06. The molecule has 2 heterocycles. The van der Waals surface area contributed by atoms with Gasteiger partial charge in [-0.2, -0.15) is 0 Å². The molecule has 4 heteroatoms. The van der Waals surface area contributed by atoms with Crippen LogP contribution in [0.5, 0.6) is 0 Å². The molecule has 3 fully saturated rings. The van der Waals surface area contributed by atoms with E-state index in [2.05, 4.69) is 5.32 Å². The average Bonchev–Trinajstić information content (AvgIpc) is 2.68. The Hall–Kier alpha value is -0.900. The minimum atomic E-state index is 0.0407. The molecule has 0 aromatic carbocycles. The van der Waals surface area contributed by atoms with Crippen molar-refractivity contribution in [1.29, 1.82) is 0 Å². The van der Waals surface area contributed by atoms with Gasteiger partial charge in [0.1, 0.15) is 0 Å². The molecule has 1 N–H and O–H groups in total. The normalized spacial score (nSPS) is 39.5. The van der Waals surface area contributed by atoms with Gasteiger partial charge in [0.05, 0.1) is 11.8 Å². The molecule has 2 amide bonds. The summed E-state index contributed by atoms with van der Waals surface area (Å²) < 4.78 is 0. The van der Waals surface area contributed by atoms with E-state index in [1.165, 1.54) is 4.90 Å². The number of rotatable bonds is 2. The van der Waals surface area contributed by atoms with Crippen molar-refractivity contribution in [2.75, 3.05) is 13.1 Å². The fraction of sp³-hybridized carbons (Fsp3) is 0.818. The molecule has 0 aromatic heterocycles. The van der Waals surface area contributed by atoms with Crippen LogP contribution in [0.3, 0.4) is 0 Å². The molecule has 4 nitrogen and oxygen atoms in total. The van der Waals surface area contributed by atoms with Crippen molar-refractivity contribution in [3.63, 3.8) is 0 Å². The number of fused-ring (bicyclic) bond motifs is 1. The lowest BCUT2D eigenvalue weighted by Crippen LogP contribution is -2.41. The van der Waals surface area contributed by atoms with Crippen molar-refractivity contribution in [2.24, 2.45) is 11.8 Å². The Kier molecular flexibility index (Phi) is 2.06. The van der Waals surface area contributed by atoms with E-state index in [4.69, 9.17) is 0 Å². The Labute approximate surface area is 89.0 Å².